The van der Waals surface area contributed by atoms with Crippen LogP contribution in [0.15, 0.2) is 0 Å². The number of thioether (sulfide) groups is 1. The molecule has 0 spiro atoms. The van der Waals surface area contributed by atoms with E-state index in [9.17, 15) is 9.59 Å². The van der Waals surface area contributed by atoms with Crippen molar-refractivity contribution in [2.75, 3.05) is 0 Å². The maximum atomic E-state index is 10.2. The molecule has 0 saturated heterocycles. The second-order valence-corrected chi connectivity index (χ2v) is 3.10. The number of nitrogens with two attached hydrogens (primary N) is 1. The summed E-state index contributed by atoms with van der Waals surface area (Å²) in [5, 5.41) is -0.223. The van der Waals surface area contributed by atoms with Gasteiger partial charge in [-0.1, -0.05) is 12.2 Å². The quantitative estimate of drug-likeness (QED) is 0.514. The SMILES string of the molecule is CC(=O)SC(=S)C(N)=O. The molecule has 0 aromatic heterocycles. The van der Waals surface area contributed by atoms with Crippen molar-refractivity contribution in [2.45, 2.75) is 6.92 Å². The molecule has 2 N–H and O–H groups in total. The van der Waals surface area contributed by atoms with Crippen LogP contribution in [0.3, 0.4) is 0 Å². The van der Waals surface area contributed by atoms with Gasteiger partial charge in [-0.2, -0.15) is 0 Å². The lowest BCUT2D eigenvalue weighted by molar-refractivity contribution is -0.112. The molecule has 0 rings (SSSR count). The van der Waals surface area contributed by atoms with Gasteiger partial charge in [0.15, 0.2) is 5.12 Å². The van der Waals surface area contributed by atoms with E-state index in [4.69, 9.17) is 5.73 Å². The summed E-state index contributed by atoms with van der Waals surface area (Å²) in [6.07, 6.45) is 0. The highest BCUT2D eigenvalue weighted by molar-refractivity contribution is 8.34. The zero-order valence-electron chi connectivity index (χ0n) is 4.71. The molecule has 0 aliphatic carbocycles. The zero-order chi connectivity index (χ0) is 7.44. The molecule has 1 amide bonds. The lowest BCUT2D eigenvalue weighted by Crippen LogP contribution is -2.19. The topological polar surface area (TPSA) is 60.2 Å². The van der Waals surface area contributed by atoms with E-state index in [2.05, 4.69) is 12.2 Å². The smallest absolute Gasteiger partial charge is 0.266 e. The van der Waals surface area contributed by atoms with Crippen molar-refractivity contribution < 1.29 is 9.59 Å². The van der Waals surface area contributed by atoms with Gasteiger partial charge in [-0.05, 0) is 11.8 Å². The summed E-state index contributed by atoms with van der Waals surface area (Å²) in [7, 11) is 0. The molecule has 0 aliphatic rings. The van der Waals surface area contributed by atoms with E-state index in [0.717, 1.165) is 0 Å². The predicted octanol–water partition coefficient (Wildman–Crippen LogP) is 0.0788. The number of carbonyl (C=O) groups is 2. The summed E-state index contributed by atoms with van der Waals surface area (Å²) in [5.74, 6) is -0.717. The maximum absolute atomic E-state index is 10.2. The Morgan fingerprint density at radius 2 is 2.00 bits per heavy atom. The van der Waals surface area contributed by atoms with Crippen molar-refractivity contribution in [1.29, 1.82) is 0 Å². The summed E-state index contributed by atoms with van der Waals surface area (Å²) in [6.45, 7) is 1.32. The first-order valence-corrected chi connectivity index (χ1v) is 3.28. The number of amides is 1. The van der Waals surface area contributed by atoms with Crippen molar-refractivity contribution >= 4 is 39.2 Å². The third-order valence-electron chi connectivity index (χ3n) is 0.438. The summed E-state index contributed by atoms with van der Waals surface area (Å²) in [6, 6.07) is 0. The standard InChI is InChI=1S/C4H5NO2S2/c1-2(6)9-4(8)3(5)7/h1H3,(H2,5,7). The van der Waals surface area contributed by atoms with Crippen LogP contribution in [0, 0.1) is 0 Å². The van der Waals surface area contributed by atoms with E-state index in [1.54, 1.807) is 0 Å². The summed E-state index contributed by atoms with van der Waals surface area (Å²) < 4.78 is -0.0810. The van der Waals surface area contributed by atoms with Crippen molar-refractivity contribution in [3.05, 3.63) is 0 Å². The van der Waals surface area contributed by atoms with Gasteiger partial charge in [0.25, 0.3) is 5.91 Å². The molecule has 3 nitrogen and oxygen atoms in total. The van der Waals surface area contributed by atoms with E-state index in [0.29, 0.717) is 11.8 Å². The van der Waals surface area contributed by atoms with Crippen molar-refractivity contribution in [2.24, 2.45) is 5.73 Å². The second-order valence-electron chi connectivity index (χ2n) is 1.25. The van der Waals surface area contributed by atoms with Crippen LogP contribution in [-0.4, -0.2) is 15.2 Å². The fourth-order valence-corrected chi connectivity index (χ4v) is 0.895. The minimum absolute atomic E-state index is 0.0810. The lowest BCUT2D eigenvalue weighted by atomic mass is 10.8. The molecule has 0 aromatic rings. The molecule has 0 saturated carbocycles. The fourth-order valence-electron chi connectivity index (χ4n) is 0.181. The Hall–Kier alpha value is -0.420. The minimum Gasteiger partial charge on any atom is -0.364 e. The first-order valence-electron chi connectivity index (χ1n) is 2.06. The van der Waals surface area contributed by atoms with Crippen molar-refractivity contribution in [1.82, 2.24) is 0 Å². The van der Waals surface area contributed by atoms with Crippen LogP contribution in [0.5, 0.6) is 0 Å². The van der Waals surface area contributed by atoms with Gasteiger partial charge in [0.2, 0.25) is 0 Å². The van der Waals surface area contributed by atoms with Crippen LogP contribution in [0.4, 0.5) is 0 Å². The molecular weight excluding hydrogens is 158 g/mol. The van der Waals surface area contributed by atoms with Crippen LogP contribution in [-0.2, 0) is 9.59 Å². The average Bonchev–Trinajstić information content (AvgIpc) is 1.63. The van der Waals surface area contributed by atoms with E-state index in [1.165, 1.54) is 6.92 Å². The van der Waals surface area contributed by atoms with Crippen molar-refractivity contribution in [3.63, 3.8) is 0 Å². The summed E-state index contributed by atoms with van der Waals surface area (Å²) in [5.41, 5.74) is 4.73. The Balaban J connectivity index is 3.79. The van der Waals surface area contributed by atoms with Gasteiger partial charge in [-0.15, -0.1) is 0 Å². The van der Waals surface area contributed by atoms with Crippen LogP contribution in [0.1, 0.15) is 6.92 Å². The van der Waals surface area contributed by atoms with Gasteiger partial charge in [0.05, 0.1) is 0 Å². The van der Waals surface area contributed by atoms with Gasteiger partial charge in [0, 0.05) is 6.92 Å². The Kier molecular flexibility index (Phi) is 3.41. The minimum atomic E-state index is -0.717. The van der Waals surface area contributed by atoms with Crippen LogP contribution >= 0.6 is 24.0 Å². The van der Waals surface area contributed by atoms with E-state index < -0.39 is 5.91 Å². The Morgan fingerprint density at radius 1 is 1.56 bits per heavy atom. The Labute approximate surface area is 62.0 Å². The fraction of sp³-hybridized carbons (Fsp3) is 0.250. The van der Waals surface area contributed by atoms with E-state index in [-0.39, 0.29) is 9.31 Å². The molecule has 0 fully saturated rings. The van der Waals surface area contributed by atoms with Gasteiger partial charge < -0.3 is 5.73 Å². The van der Waals surface area contributed by atoms with Gasteiger partial charge in [-0.3, -0.25) is 9.59 Å². The highest BCUT2D eigenvalue weighted by Gasteiger charge is 2.06. The molecule has 0 aromatic carbocycles. The number of rotatable bonds is 0. The van der Waals surface area contributed by atoms with Gasteiger partial charge in [0.1, 0.15) is 4.20 Å². The number of hydrogen-bond acceptors (Lipinski definition) is 4. The monoisotopic (exact) mass is 163 g/mol. The molecule has 0 atom stereocenters. The summed E-state index contributed by atoms with van der Waals surface area (Å²) >= 11 is 5.10. The van der Waals surface area contributed by atoms with Crippen molar-refractivity contribution in [3.8, 4) is 0 Å². The zero-order valence-corrected chi connectivity index (χ0v) is 6.34. The predicted molar refractivity (Wildman–Crippen MR) is 40.1 cm³/mol. The number of carbonyl (C=O) groups excluding carboxylic acids is 2. The molecule has 0 aliphatic heterocycles. The normalized spacial score (nSPS) is 8.56. The number of primary amides is 1. The largest absolute Gasteiger partial charge is 0.364 e. The molecule has 0 heterocycles. The molecule has 50 valence electrons. The molecule has 0 bridgehead atoms. The highest BCUT2D eigenvalue weighted by Crippen LogP contribution is 2.03. The van der Waals surface area contributed by atoms with Crippen LogP contribution in [0.2, 0.25) is 0 Å². The molecular formula is C4H5NO2S2. The molecule has 0 radical (unpaired) electrons. The first kappa shape index (κ1) is 8.58. The highest BCUT2D eigenvalue weighted by atomic mass is 32.2. The average molecular weight is 163 g/mol. The third-order valence-corrected chi connectivity index (χ3v) is 1.56. The summed E-state index contributed by atoms with van der Waals surface area (Å²) in [4.78, 5) is 20.4. The molecule has 9 heavy (non-hydrogen) atoms. The maximum Gasteiger partial charge on any atom is 0.266 e. The molecule has 5 heteroatoms. The lowest BCUT2D eigenvalue weighted by Gasteiger charge is -1.90. The third kappa shape index (κ3) is 4.11. The Morgan fingerprint density at radius 3 is 2.11 bits per heavy atom. The second kappa shape index (κ2) is 3.58. The number of thiocarbonyl (C=S) groups is 1. The molecule has 0 unspecified atom stereocenters. The first-order chi connectivity index (χ1) is 4.04. The van der Waals surface area contributed by atoms with E-state index >= 15 is 0 Å². The number of hydrogen-bond donors (Lipinski definition) is 1. The Bertz CT molecular complexity index is 166. The van der Waals surface area contributed by atoms with Crippen LogP contribution < -0.4 is 5.73 Å². The van der Waals surface area contributed by atoms with Gasteiger partial charge in [-0.25, -0.2) is 0 Å². The van der Waals surface area contributed by atoms with E-state index in [1.807, 2.05) is 0 Å². The van der Waals surface area contributed by atoms with Gasteiger partial charge >= 0.3 is 0 Å². The van der Waals surface area contributed by atoms with Crippen LogP contribution in [0.25, 0.3) is 0 Å².